The van der Waals surface area contributed by atoms with Gasteiger partial charge in [0.15, 0.2) is 0 Å². The van der Waals surface area contributed by atoms with Gasteiger partial charge in [-0.15, -0.1) is 11.3 Å². The van der Waals surface area contributed by atoms with E-state index in [1.54, 1.807) is 6.07 Å². The van der Waals surface area contributed by atoms with Gasteiger partial charge < -0.3 is 10.5 Å². The van der Waals surface area contributed by atoms with E-state index in [0.717, 1.165) is 4.88 Å². The van der Waals surface area contributed by atoms with Gasteiger partial charge in [0.25, 0.3) is 0 Å². The van der Waals surface area contributed by atoms with Crippen LogP contribution in [-0.4, -0.2) is 38.0 Å². The van der Waals surface area contributed by atoms with Gasteiger partial charge in [0.2, 0.25) is 10.0 Å². The Hall–Kier alpha value is 0.01000. The monoisotopic (exact) mass is 368 g/mol. The number of rotatable bonds is 3. The molecule has 1 aliphatic heterocycles. The van der Waals surface area contributed by atoms with Crippen LogP contribution < -0.4 is 5.73 Å². The fourth-order valence-corrected chi connectivity index (χ4v) is 6.08. The minimum Gasteiger partial charge on any atom is -0.373 e. The maximum Gasteiger partial charge on any atom is 0.245 e. The summed E-state index contributed by atoms with van der Waals surface area (Å²) in [5.41, 5.74) is 5.10. The number of morpholine rings is 1. The second-order valence-electron chi connectivity index (χ2n) is 5.00. The summed E-state index contributed by atoms with van der Waals surface area (Å²) in [5.74, 6) is 0. The van der Waals surface area contributed by atoms with Crippen molar-refractivity contribution in [2.75, 3.05) is 19.7 Å². The van der Waals surface area contributed by atoms with E-state index in [-0.39, 0.29) is 0 Å². The van der Waals surface area contributed by atoms with Crippen molar-refractivity contribution in [3.8, 4) is 0 Å². The predicted molar refractivity (Wildman–Crippen MR) is 78.7 cm³/mol. The highest BCUT2D eigenvalue weighted by molar-refractivity contribution is 9.11. The predicted octanol–water partition coefficient (Wildman–Crippen LogP) is 1.77. The summed E-state index contributed by atoms with van der Waals surface area (Å²) in [4.78, 5) is 1.15. The molecule has 0 spiro atoms. The molecule has 0 atom stereocenters. The Kier molecular flexibility index (Phi) is 4.39. The summed E-state index contributed by atoms with van der Waals surface area (Å²) in [6, 6.07) is 1.65. The van der Waals surface area contributed by atoms with Gasteiger partial charge in [-0.2, -0.15) is 4.31 Å². The molecule has 1 fully saturated rings. The summed E-state index contributed by atoms with van der Waals surface area (Å²) >= 11 is 4.67. The molecule has 0 saturated carbocycles. The smallest absolute Gasteiger partial charge is 0.245 e. The quantitative estimate of drug-likeness (QED) is 0.882. The highest BCUT2D eigenvalue weighted by Gasteiger charge is 2.36. The number of nitrogens with two attached hydrogens (primary N) is 1. The fourth-order valence-electron chi connectivity index (χ4n) is 1.99. The molecule has 0 bridgehead atoms. The lowest BCUT2D eigenvalue weighted by Crippen LogP contribution is -2.50. The van der Waals surface area contributed by atoms with E-state index < -0.39 is 15.6 Å². The van der Waals surface area contributed by atoms with Crippen LogP contribution in [0.4, 0.5) is 0 Å². The van der Waals surface area contributed by atoms with Gasteiger partial charge in [-0.1, -0.05) is 0 Å². The van der Waals surface area contributed by atoms with Crippen molar-refractivity contribution in [2.24, 2.45) is 5.73 Å². The van der Waals surface area contributed by atoms with E-state index >= 15 is 0 Å². The summed E-state index contributed by atoms with van der Waals surface area (Å²) in [7, 11) is -3.49. The van der Waals surface area contributed by atoms with Gasteiger partial charge in [0.05, 0.1) is 16.0 Å². The first kappa shape index (κ1) is 15.4. The number of ether oxygens (including phenoxy) is 1. The Morgan fingerprint density at radius 1 is 1.58 bits per heavy atom. The van der Waals surface area contributed by atoms with Gasteiger partial charge in [0, 0.05) is 24.5 Å². The molecule has 0 unspecified atom stereocenters. The Morgan fingerprint density at radius 2 is 2.26 bits per heavy atom. The fraction of sp³-hybridized carbons (Fsp3) is 0.636. The average molecular weight is 369 g/mol. The highest BCUT2D eigenvalue weighted by Crippen LogP contribution is 2.34. The number of halogens is 1. The number of thiophene rings is 1. The van der Waals surface area contributed by atoms with Crippen molar-refractivity contribution < 1.29 is 13.2 Å². The van der Waals surface area contributed by atoms with E-state index in [2.05, 4.69) is 15.9 Å². The largest absolute Gasteiger partial charge is 0.373 e. The van der Waals surface area contributed by atoms with E-state index in [0.29, 0.717) is 34.9 Å². The SMILES string of the molecule is CC1(C)CN(S(=O)(=O)c2cc(CN)sc2Br)CCO1. The normalized spacial score (nSPS) is 20.6. The molecule has 1 aromatic rings. The second-order valence-corrected chi connectivity index (χ2v) is 9.36. The average Bonchev–Trinajstić information content (AvgIpc) is 2.70. The lowest BCUT2D eigenvalue weighted by molar-refractivity contribution is -0.0640. The Balaban J connectivity index is 2.34. The first-order chi connectivity index (χ1) is 8.76. The summed E-state index contributed by atoms with van der Waals surface area (Å²) in [6.45, 7) is 5.28. The van der Waals surface area contributed by atoms with Crippen LogP contribution in [0.3, 0.4) is 0 Å². The third-order valence-corrected chi connectivity index (χ3v) is 7.04. The Morgan fingerprint density at radius 3 is 2.79 bits per heavy atom. The van der Waals surface area contributed by atoms with Crippen molar-refractivity contribution in [1.29, 1.82) is 0 Å². The topological polar surface area (TPSA) is 72.6 Å². The van der Waals surface area contributed by atoms with Crippen LogP contribution in [-0.2, 0) is 21.3 Å². The van der Waals surface area contributed by atoms with Gasteiger partial charge in [-0.05, 0) is 35.8 Å². The number of hydrogen-bond donors (Lipinski definition) is 1. The van der Waals surface area contributed by atoms with E-state index in [1.807, 2.05) is 13.8 Å². The molecule has 8 heteroatoms. The summed E-state index contributed by atoms with van der Waals surface area (Å²) in [6.07, 6.45) is 0. The third-order valence-electron chi connectivity index (χ3n) is 2.92. The molecule has 19 heavy (non-hydrogen) atoms. The molecule has 0 aromatic carbocycles. The molecule has 0 aliphatic carbocycles. The van der Waals surface area contributed by atoms with E-state index in [1.165, 1.54) is 15.6 Å². The molecule has 1 aliphatic rings. The molecule has 108 valence electrons. The van der Waals surface area contributed by atoms with Crippen LogP contribution in [0.25, 0.3) is 0 Å². The minimum atomic E-state index is -3.49. The van der Waals surface area contributed by atoms with Crippen LogP contribution in [0.2, 0.25) is 0 Å². The third kappa shape index (κ3) is 3.20. The lowest BCUT2D eigenvalue weighted by Gasteiger charge is -2.37. The van der Waals surface area contributed by atoms with Gasteiger partial charge in [-0.3, -0.25) is 0 Å². The lowest BCUT2D eigenvalue weighted by atomic mass is 10.1. The van der Waals surface area contributed by atoms with Gasteiger partial charge in [-0.25, -0.2) is 8.42 Å². The van der Waals surface area contributed by atoms with Crippen molar-refractivity contribution in [2.45, 2.75) is 30.9 Å². The van der Waals surface area contributed by atoms with Crippen molar-refractivity contribution in [3.63, 3.8) is 0 Å². The molecular formula is C11H17BrN2O3S2. The van der Waals surface area contributed by atoms with E-state index in [4.69, 9.17) is 10.5 Å². The van der Waals surface area contributed by atoms with Crippen molar-refractivity contribution in [3.05, 3.63) is 14.7 Å². The van der Waals surface area contributed by atoms with Crippen molar-refractivity contribution >= 4 is 37.3 Å². The second kappa shape index (κ2) is 5.42. The first-order valence-electron chi connectivity index (χ1n) is 5.89. The molecule has 0 radical (unpaired) electrons. The summed E-state index contributed by atoms with van der Waals surface area (Å²) in [5, 5.41) is 0. The number of nitrogens with zero attached hydrogens (tertiary/aromatic N) is 1. The summed E-state index contributed by atoms with van der Waals surface area (Å²) < 4.78 is 32.9. The molecule has 5 nitrogen and oxygen atoms in total. The minimum absolute atomic E-state index is 0.302. The first-order valence-corrected chi connectivity index (χ1v) is 8.93. The molecular weight excluding hydrogens is 352 g/mol. The number of hydrogen-bond acceptors (Lipinski definition) is 5. The molecule has 2 N–H and O–H groups in total. The molecule has 1 aromatic heterocycles. The van der Waals surface area contributed by atoms with Crippen LogP contribution in [0.5, 0.6) is 0 Å². The zero-order chi connectivity index (χ0) is 14.3. The van der Waals surface area contributed by atoms with Crippen LogP contribution in [0, 0.1) is 0 Å². The molecule has 1 saturated heterocycles. The Bertz CT molecular complexity index is 568. The number of sulfonamides is 1. The highest BCUT2D eigenvalue weighted by atomic mass is 79.9. The standard InChI is InChI=1S/C11H17BrN2O3S2/c1-11(2)7-14(3-4-17-11)19(15,16)9-5-8(6-13)18-10(9)12/h5H,3-4,6-7,13H2,1-2H3. The van der Waals surface area contributed by atoms with E-state index in [9.17, 15) is 8.42 Å². The van der Waals surface area contributed by atoms with Crippen LogP contribution >= 0.6 is 27.3 Å². The molecule has 2 heterocycles. The maximum atomic E-state index is 12.6. The van der Waals surface area contributed by atoms with Crippen molar-refractivity contribution in [1.82, 2.24) is 4.31 Å². The van der Waals surface area contributed by atoms with Gasteiger partial charge in [0.1, 0.15) is 4.90 Å². The zero-order valence-electron chi connectivity index (χ0n) is 10.8. The van der Waals surface area contributed by atoms with Crippen LogP contribution in [0.15, 0.2) is 14.7 Å². The van der Waals surface area contributed by atoms with Crippen LogP contribution in [0.1, 0.15) is 18.7 Å². The molecule has 2 rings (SSSR count). The molecule has 0 amide bonds. The zero-order valence-corrected chi connectivity index (χ0v) is 14.1. The van der Waals surface area contributed by atoms with Gasteiger partial charge >= 0.3 is 0 Å². The maximum absolute atomic E-state index is 12.6. The Labute approximate surface area is 125 Å².